The third kappa shape index (κ3) is 3.54. The zero-order chi connectivity index (χ0) is 13.7. The molecule has 5 heteroatoms. The number of aromatic nitrogens is 1. The van der Waals surface area contributed by atoms with Crippen LogP contribution >= 0.6 is 11.3 Å². The standard InChI is InChI=1S/C14H17N3OS/c1-3-5-13-8-11(10-19-13)14(18)16-15-9-12-6-4-7-17(12)2/h4,6-10H,3,5H2,1-2H3,(H,16,18)/b15-9-. The number of hydrogen-bond donors (Lipinski definition) is 1. The van der Waals surface area contributed by atoms with Crippen LogP contribution in [0.4, 0.5) is 0 Å². The lowest BCUT2D eigenvalue weighted by Crippen LogP contribution is -2.17. The lowest BCUT2D eigenvalue weighted by Gasteiger charge is -1.97. The number of carbonyl (C=O) groups is 1. The van der Waals surface area contributed by atoms with Crippen LogP contribution in [0.1, 0.15) is 34.3 Å². The summed E-state index contributed by atoms with van der Waals surface area (Å²) in [6.07, 6.45) is 5.67. The monoisotopic (exact) mass is 275 g/mol. The van der Waals surface area contributed by atoms with Gasteiger partial charge in [-0.1, -0.05) is 13.3 Å². The van der Waals surface area contributed by atoms with Gasteiger partial charge < -0.3 is 4.57 Å². The van der Waals surface area contributed by atoms with Crippen LogP contribution in [0.2, 0.25) is 0 Å². The average molecular weight is 275 g/mol. The number of hydrazone groups is 1. The Morgan fingerprint density at radius 3 is 3.11 bits per heavy atom. The molecule has 100 valence electrons. The Morgan fingerprint density at radius 1 is 1.58 bits per heavy atom. The summed E-state index contributed by atoms with van der Waals surface area (Å²) in [5.74, 6) is -0.163. The minimum absolute atomic E-state index is 0.163. The van der Waals surface area contributed by atoms with Gasteiger partial charge in [0, 0.05) is 23.5 Å². The number of carbonyl (C=O) groups excluding carboxylic acids is 1. The summed E-state index contributed by atoms with van der Waals surface area (Å²) in [4.78, 5) is 13.1. The van der Waals surface area contributed by atoms with Crippen LogP contribution in [-0.4, -0.2) is 16.7 Å². The van der Waals surface area contributed by atoms with E-state index in [2.05, 4.69) is 17.5 Å². The first kappa shape index (κ1) is 13.5. The summed E-state index contributed by atoms with van der Waals surface area (Å²) in [7, 11) is 1.93. The zero-order valence-corrected chi connectivity index (χ0v) is 11.9. The molecule has 0 bridgehead atoms. The molecule has 0 atom stereocenters. The first-order valence-electron chi connectivity index (χ1n) is 6.23. The summed E-state index contributed by atoms with van der Waals surface area (Å²) < 4.78 is 1.93. The van der Waals surface area contributed by atoms with Gasteiger partial charge in [0.15, 0.2) is 0 Å². The van der Waals surface area contributed by atoms with E-state index >= 15 is 0 Å². The molecule has 1 amide bonds. The third-order valence-corrected chi connectivity index (χ3v) is 3.76. The Kier molecular flexibility index (Phi) is 4.52. The molecule has 0 saturated carbocycles. The number of nitrogens with zero attached hydrogens (tertiary/aromatic N) is 2. The average Bonchev–Trinajstić information content (AvgIpc) is 3.00. The van der Waals surface area contributed by atoms with Crippen molar-refractivity contribution in [2.75, 3.05) is 0 Å². The second-order valence-corrected chi connectivity index (χ2v) is 5.29. The number of thiophene rings is 1. The van der Waals surface area contributed by atoms with Gasteiger partial charge in [-0.2, -0.15) is 5.10 Å². The molecule has 0 aliphatic carbocycles. The lowest BCUT2D eigenvalue weighted by atomic mass is 10.2. The molecule has 2 rings (SSSR count). The maximum Gasteiger partial charge on any atom is 0.272 e. The van der Waals surface area contributed by atoms with Crippen LogP contribution < -0.4 is 5.43 Å². The minimum atomic E-state index is -0.163. The molecule has 0 aliphatic heterocycles. The maximum absolute atomic E-state index is 11.9. The van der Waals surface area contributed by atoms with E-state index in [0.29, 0.717) is 5.56 Å². The van der Waals surface area contributed by atoms with E-state index in [0.717, 1.165) is 18.5 Å². The van der Waals surface area contributed by atoms with E-state index in [9.17, 15) is 4.79 Å². The highest BCUT2D eigenvalue weighted by Gasteiger charge is 2.07. The molecule has 0 aliphatic rings. The minimum Gasteiger partial charge on any atom is -0.350 e. The van der Waals surface area contributed by atoms with Crippen molar-refractivity contribution in [2.45, 2.75) is 19.8 Å². The molecule has 0 radical (unpaired) electrons. The van der Waals surface area contributed by atoms with Gasteiger partial charge in [0.1, 0.15) is 0 Å². The van der Waals surface area contributed by atoms with E-state index in [1.165, 1.54) is 4.88 Å². The summed E-state index contributed by atoms with van der Waals surface area (Å²) in [5, 5.41) is 5.84. The highest BCUT2D eigenvalue weighted by atomic mass is 32.1. The Balaban J connectivity index is 1.93. The lowest BCUT2D eigenvalue weighted by molar-refractivity contribution is 0.0955. The Hall–Kier alpha value is -1.88. The molecule has 0 aromatic carbocycles. The van der Waals surface area contributed by atoms with E-state index in [4.69, 9.17) is 0 Å². The molecular weight excluding hydrogens is 258 g/mol. The third-order valence-electron chi connectivity index (χ3n) is 2.76. The highest BCUT2D eigenvalue weighted by Crippen LogP contribution is 2.16. The van der Waals surface area contributed by atoms with Gasteiger partial charge in [-0.15, -0.1) is 11.3 Å². The van der Waals surface area contributed by atoms with Gasteiger partial charge in [0.25, 0.3) is 5.91 Å². The molecule has 0 fully saturated rings. The van der Waals surface area contributed by atoms with E-state index < -0.39 is 0 Å². The van der Waals surface area contributed by atoms with Gasteiger partial charge in [-0.25, -0.2) is 5.43 Å². The van der Waals surface area contributed by atoms with Crippen molar-refractivity contribution in [3.8, 4) is 0 Å². The second-order valence-electron chi connectivity index (χ2n) is 4.29. The van der Waals surface area contributed by atoms with Crippen LogP contribution in [0.3, 0.4) is 0 Å². The topological polar surface area (TPSA) is 46.4 Å². The number of nitrogens with one attached hydrogen (secondary N) is 1. The number of amides is 1. The maximum atomic E-state index is 11.9. The molecule has 0 spiro atoms. The van der Waals surface area contributed by atoms with Gasteiger partial charge in [0.2, 0.25) is 0 Å². The van der Waals surface area contributed by atoms with Crippen molar-refractivity contribution in [2.24, 2.45) is 12.1 Å². The Labute approximate surface area is 116 Å². The normalized spacial score (nSPS) is 11.1. The van der Waals surface area contributed by atoms with Crippen LogP contribution in [-0.2, 0) is 13.5 Å². The predicted octanol–water partition coefficient (Wildman–Crippen LogP) is 2.80. The summed E-state index contributed by atoms with van der Waals surface area (Å²) >= 11 is 1.62. The van der Waals surface area contributed by atoms with Gasteiger partial charge in [-0.3, -0.25) is 4.79 Å². The van der Waals surface area contributed by atoms with Crippen molar-refractivity contribution in [1.82, 2.24) is 9.99 Å². The number of rotatable bonds is 5. The molecule has 2 aromatic heterocycles. The molecule has 0 unspecified atom stereocenters. The summed E-state index contributed by atoms with van der Waals surface area (Å²) in [6.45, 7) is 2.13. The molecule has 0 saturated heterocycles. The van der Waals surface area contributed by atoms with Gasteiger partial charge in [-0.05, 0) is 24.6 Å². The molecule has 1 N–H and O–H groups in total. The van der Waals surface area contributed by atoms with E-state index in [-0.39, 0.29) is 5.91 Å². The SMILES string of the molecule is CCCc1cc(C(=O)N/N=C\c2cccn2C)cs1. The Morgan fingerprint density at radius 2 is 2.42 bits per heavy atom. The fourth-order valence-electron chi connectivity index (χ4n) is 1.71. The summed E-state index contributed by atoms with van der Waals surface area (Å²) in [5.41, 5.74) is 4.16. The Bertz CT molecular complexity index is 583. The van der Waals surface area contributed by atoms with E-state index in [1.54, 1.807) is 17.6 Å². The molecule has 4 nitrogen and oxygen atoms in total. The molecule has 2 heterocycles. The summed E-state index contributed by atoms with van der Waals surface area (Å²) in [6, 6.07) is 5.79. The quantitative estimate of drug-likeness (QED) is 0.662. The van der Waals surface area contributed by atoms with Gasteiger partial charge >= 0.3 is 0 Å². The van der Waals surface area contributed by atoms with Crippen molar-refractivity contribution in [1.29, 1.82) is 0 Å². The van der Waals surface area contributed by atoms with Crippen molar-refractivity contribution in [3.63, 3.8) is 0 Å². The molecule has 2 aromatic rings. The van der Waals surface area contributed by atoms with Crippen LogP contribution in [0, 0.1) is 0 Å². The number of hydrogen-bond acceptors (Lipinski definition) is 3. The van der Waals surface area contributed by atoms with E-state index in [1.807, 2.05) is 41.4 Å². The largest absolute Gasteiger partial charge is 0.350 e. The number of aryl methyl sites for hydroxylation is 2. The zero-order valence-electron chi connectivity index (χ0n) is 11.1. The predicted molar refractivity (Wildman–Crippen MR) is 78.8 cm³/mol. The van der Waals surface area contributed by atoms with Crippen LogP contribution in [0.15, 0.2) is 34.9 Å². The van der Waals surface area contributed by atoms with Crippen molar-refractivity contribution in [3.05, 3.63) is 45.9 Å². The molecular formula is C14H17N3OS. The first-order chi connectivity index (χ1) is 9.20. The van der Waals surface area contributed by atoms with Gasteiger partial charge in [0.05, 0.1) is 17.5 Å². The second kappa shape index (κ2) is 6.33. The molecule has 19 heavy (non-hydrogen) atoms. The van der Waals surface area contributed by atoms with Crippen LogP contribution in [0.5, 0.6) is 0 Å². The van der Waals surface area contributed by atoms with Crippen molar-refractivity contribution >= 4 is 23.5 Å². The highest BCUT2D eigenvalue weighted by molar-refractivity contribution is 7.10. The fraction of sp³-hybridized carbons (Fsp3) is 0.286. The first-order valence-corrected chi connectivity index (χ1v) is 7.11. The smallest absolute Gasteiger partial charge is 0.272 e. The fourth-order valence-corrected chi connectivity index (χ4v) is 2.68. The van der Waals surface area contributed by atoms with Crippen LogP contribution in [0.25, 0.3) is 0 Å². The van der Waals surface area contributed by atoms with Crippen molar-refractivity contribution < 1.29 is 4.79 Å².